The molecule has 2 unspecified atom stereocenters. The van der Waals surface area contributed by atoms with E-state index in [1.54, 1.807) is 0 Å². The normalized spacial score (nSPS) is 12.5. The van der Waals surface area contributed by atoms with Gasteiger partial charge in [0, 0.05) is 18.3 Å². The molecule has 0 aromatic carbocycles. The Morgan fingerprint density at radius 3 is 2.54 bits per heavy atom. The van der Waals surface area contributed by atoms with Crippen LogP contribution in [0.25, 0.3) is 0 Å². The Balaban J connectivity index is 0. The minimum Gasteiger partial charge on any atom is -0.550 e. The fourth-order valence-electron chi connectivity index (χ4n) is 0.516. The Labute approximate surface area is 100 Å². The summed E-state index contributed by atoms with van der Waals surface area (Å²) in [5.74, 6) is -2.05. The Morgan fingerprint density at radius 1 is 1.62 bits per heavy atom. The molecule has 0 aliphatic heterocycles. The van der Waals surface area contributed by atoms with E-state index in [1.807, 2.05) is 0 Å². The van der Waals surface area contributed by atoms with Gasteiger partial charge < -0.3 is 19.5 Å². The average molecular weight is 216 g/mol. The fourth-order valence-corrected chi connectivity index (χ4v) is 1.13. The zero-order chi connectivity index (χ0) is 9.56. The van der Waals surface area contributed by atoms with Gasteiger partial charge >= 0.3 is 29.6 Å². The summed E-state index contributed by atoms with van der Waals surface area (Å²) in [5.41, 5.74) is -0.333. The van der Waals surface area contributed by atoms with E-state index >= 15 is 0 Å². The molecule has 0 aliphatic rings. The van der Waals surface area contributed by atoms with Gasteiger partial charge in [-0.25, -0.2) is 0 Å². The van der Waals surface area contributed by atoms with Gasteiger partial charge in [0.1, 0.15) is 6.79 Å². The number of aliphatic carboxylic acids is 1. The van der Waals surface area contributed by atoms with E-state index in [0.717, 1.165) is 0 Å². The van der Waals surface area contributed by atoms with Gasteiger partial charge in [0.15, 0.2) is 5.52 Å². The van der Waals surface area contributed by atoms with E-state index in [-0.39, 0.29) is 41.5 Å². The maximum absolute atomic E-state index is 10.8. The molecule has 0 bridgehead atoms. The van der Waals surface area contributed by atoms with Crippen LogP contribution in [0.1, 0.15) is 13.3 Å². The van der Waals surface area contributed by atoms with Crippen LogP contribution in [0, 0.1) is 5.92 Å². The number of aliphatic hydroxyl groups is 1. The Kier molecular flexibility index (Phi) is 11.1. The smallest absolute Gasteiger partial charge is 0.550 e. The molecule has 1 N–H and O–H groups in total. The van der Waals surface area contributed by atoms with Gasteiger partial charge in [0.05, 0.1) is 8.81 Å². The maximum atomic E-state index is 10.8. The zero-order valence-corrected chi connectivity index (χ0v) is 10.6. The van der Waals surface area contributed by atoms with E-state index < -0.39 is 27.5 Å². The summed E-state index contributed by atoms with van der Waals surface area (Å²) in [6.07, 6.45) is -0.110. The Bertz CT molecular complexity index is 174. The van der Waals surface area contributed by atoms with Crippen molar-refractivity contribution in [2.45, 2.75) is 13.3 Å². The van der Waals surface area contributed by atoms with Crippen LogP contribution >= 0.6 is 8.81 Å². The molecule has 0 saturated carbocycles. The molecule has 0 amide bonds. The van der Waals surface area contributed by atoms with Crippen LogP contribution in [0.5, 0.6) is 0 Å². The van der Waals surface area contributed by atoms with Crippen LogP contribution in [0.2, 0.25) is 0 Å². The second-order valence-electron chi connectivity index (χ2n) is 2.22. The average Bonchev–Trinajstić information content (AvgIpc) is 2.00. The third-order valence-electron chi connectivity index (χ3n) is 1.14. The first-order chi connectivity index (χ1) is 5.57. The molecule has 0 spiro atoms. The fraction of sp³-hybridized carbons (Fsp3) is 0.667. The van der Waals surface area contributed by atoms with Crippen molar-refractivity contribution in [1.82, 2.24) is 0 Å². The van der Waals surface area contributed by atoms with Gasteiger partial charge in [-0.1, -0.05) is 6.92 Å². The molecule has 0 fully saturated rings. The van der Waals surface area contributed by atoms with Crippen molar-refractivity contribution >= 4 is 20.3 Å². The van der Waals surface area contributed by atoms with E-state index in [9.17, 15) is 14.7 Å². The number of carbonyl (C=O) groups excluding carboxylic acids is 2. The van der Waals surface area contributed by atoms with Gasteiger partial charge in [-0.05, 0) is 0 Å². The molecular formula is C6H10NaO5P. The first-order valence-electron chi connectivity index (χ1n) is 3.30. The summed E-state index contributed by atoms with van der Waals surface area (Å²) in [4.78, 5) is 21.0. The largest absolute Gasteiger partial charge is 1.00 e. The van der Waals surface area contributed by atoms with E-state index in [4.69, 9.17) is 5.11 Å². The maximum Gasteiger partial charge on any atom is 1.00 e. The number of rotatable bonds is 6. The first-order valence-corrected chi connectivity index (χ1v) is 4.21. The second-order valence-corrected chi connectivity index (χ2v) is 3.27. The van der Waals surface area contributed by atoms with Crippen LogP contribution in [0.15, 0.2) is 0 Å². The second kappa shape index (κ2) is 9.06. The third kappa shape index (κ3) is 8.81. The van der Waals surface area contributed by atoms with Gasteiger partial charge in [0.2, 0.25) is 0 Å². The summed E-state index contributed by atoms with van der Waals surface area (Å²) in [5, 5.41) is 18.3. The molecule has 2 atom stereocenters. The summed E-state index contributed by atoms with van der Waals surface area (Å²) < 4.78 is 4.40. The van der Waals surface area contributed by atoms with Crippen molar-refractivity contribution in [2.75, 3.05) is 6.79 Å². The van der Waals surface area contributed by atoms with Crippen molar-refractivity contribution in [1.29, 1.82) is 0 Å². The molecule has 13 heavy (non-hydrogen) atoms. The van der Waals surface area contributed by atoms with Crippen molar-refractivity contribution < 1.29 is 53.9 Å². The molecule has 0 aromatic heterocycles. The molecule has 0 radical (unpaired) electrons. The molecule has 7 heteroatoms. The number of carboxylic acids is 1. The summed E-state index contributed by atoms with van der Waals surface area (Å²) in [6, 6.07) is 0. The minimum absolute atomic E-state index is 0. The van der Waals surface area contributed by atoms with Crippen LogP contribution in [0.4, 0.5) is 0 Å². The zero-order valence-electron chi connectivity index (χ0n) is 7.57. The SMILES string of the molecule is CC(CC(=O)POCO)C(=O)[O-].[Na+]. The molecule has 0 rings (SSSR count). The molecule has 70 valence electrons. The Hall–Kier alpha value is 0.490. The first kappa shape index (κ1) is 15.9. The molecule has 0 aliphatic carbocycles. The molecule has 0 aromatic rings. The Morgan fingerprint density at radius 2 is 2.15 bits per heavy atom. The standard InChI is InChI=1S/C6H11O5P.Na/c1-4(6(9)10)2-5(8)12-11-3-7;/h4,7,12H,2-3H2,1H3,(H,9,10);/q;+1/p-1. The topological polar surface area (TPSA) is 86.7 Å². The quantitative estimate of drug-likeness (QED) is 0.277. The van der Waals surface area contributed by atoms with Crippen LogP contribution < -0.4 is 34.7 Å². The third-order valence-corrected chi connectivity index (χ3v) is 1.85. The summed E-state index contributed by atoms with van der Waals surface area (Å²) >= 11 is 0. The predicted octanol–water partition coefficient (Wildman–Crippen LogP) is -4.15. The van der Waals surface area contributed by atoms with Gasteiger partial charge in [0.25, 0.3) is 0 Å². The number of aliphatic hydroxyl groups excluding tert-OH is 1. The monoisotopic (exact) mass is 216 g/mol. The van der Waals surface area contributed by atoms with E-state index in [1.165, 1.54) is 6.92 Å². The number of hydrogen-bond acceptors (Lipinski definition) is 5. The predicted molar refractivity (Wildman–Crippen MR) is 40.3 cm³/mol. The summed E-state index contributed by atoms with van der Waals surface area (Å²) in [7, 11) is -0.488. The van der Waals surface area contributed by atoms with Gasteiger partial charge in [-0.15, -0.1) is 0 Å². The number of carbonyl (C=O) groups is 2. The van der Waals surface area contributed by atoms with Crippen molar-refractivity contribution in [3.63, 3.8) is 0 Å². The van der Waals surface area contributed by atoms with Gasteiger partial charge in [-0.3, -0.25) is 4.79 Å². The van der Waals surface area contributed by atoms with Crippen LogP contribution in [0.3, 0.4) is 0 Å². The molecule has 0 saturated heterocycles. The minimum atomic E-state index is -1.25. The van der Waals surface area contributed by atoms with Crippen molar-refractivity contribution in [3.05, 3.63) is 0 Å². The van der Waals surface area contributed by atoms with E-state index in [2.05, 4.69) is 4.52 Å². The number of carboxylic acid groups (broad SMARTS) is 1. The van der Waals surface area contributed by atoms with Crippen LogP contribution in [-0.2, 0) is 14.1 Å². The summed E-state index contributed by atoms with van der Waals surface area (Å²) in [6.45, 7) is 0.862. The van der Waals surface area contributed by atoms with Crippen LogP contribution in [-0.4, -0.2) is 23.4 Å². The molecule has 0 heterocycles. The van der Waals surface area contributed by atoms with Crippen molar-refractivity contribution in [2.24, 2.45) is 5.92 Å². The molecular weight excluding hydrogens is 206 g/mol. The van der Waals surface area contributed by atoms with Crippen molar-refractivity contribution in [3.8, 4) is 0 Å². The van der Waals surface area contributed by atoms with Gasteiger partial charge in [-0.2, -0.15) is 0 Å². The number of hydrogen-bond donors (Lipinski definition) is 1. The molecule has 5 nitrogen and oxygen atoms in total. The van der Waals surface area contributed by atoms with E-state index in [0.29, 0.717) is 0 Å².